The lowest BCUT2D eigenvalue weighted by atomic mass is 10.1. The van der Waals surface area contributed by atoms with E-state index in [2.05, 4.69) is 16.9 Å². The monoisotopic (exact) mass is 265 g/mol. The van der Waals surface area contributed by atoms with Crippen molar-refractivity contribution in [1.29, 1.82) is 0 Å². The molecular weight excluding hydrogens is 250 g/mol. The zero-order valence-electron chi connectivity index (χ0n) is 11.3. The molecule has 0 fully saturated rings. The van der Waals surface area contributed by atoms with E-state index in [1.807, 2.05) is 35.0 Å². The van der Waals surface area contributed by atoms with E-state index < -0.39 is 0 Å². The van der Waals surface area contributed by atoms with Crippen molar-refractivity contribution in [2.24, 2.45) is 0 Å². The third-order valence-corrected chi connectivity index (χ3v) is 3.28. The summed E-state index contributed by atoms with van der Waals surface area (Å²) in [7, 11) is 0. The van der Waals surface area contributed by atoms with E-state index in [0.717, 1.165) is 23.9 Å². The summed E-state index contributed by atoms with van der Waals surface area (Å²) < 4.78 is 1.90. The van der Waals surface area contributed by atoms with Crippen LogP contribution >= 0.6 is 0 Å². The zero-order valence-corrected chi connectivity index (χ0v) is 11.3. The number of carbonyl (C=O) groups excluding carboxylic acids is 1. The number of aryl methyl sites for hydroxylation is 1. The largest absolute Gasteiger partial charge is 0.328 e. The minimum Gasteiger partial charge on any atom is -0.328 e. The van der Waals surface area contributed by atoms with Gasteiger partial charge < -0.3 is 4.57 Å². The Kier molecular flexibility index (Phi) is 3.29. The number of hydrogen-bond acceptors (Lipinski definition) is 3. The second-order valence-corrected chi connectivity index (χ2v) is 4.65. The molecule has 4 heteroatoms. The lowest BCUT2D eigenvalue weighted by Crippen LogP contribution is -2.11. The second-order valence-electron chi connectivity index (χ2n) is 4.65. The second kappa shape index (κ2) is 5.25. The van der Waals surface area contributed by atoms with Gasteiger partial charge in [-0.25, -0.2) is 4.98 Å². The lowest BCUT2D eigenvalue weighted by Gasteiger charge is -2.07. The maximum atomic E-state index is 12.7. The van der Waals surface area contributed by atoms with Crippen molar-refractivity contribution in [3.63, 3.8) is 0 Å². The van der Waals surface area contributed by atoms with E-state index in [-0.39, 0.29) is 5.78 Å². The van der Waals surface area contributed by atoms with Crippen molar-refractivity contribution in [2.75, 3.05) is 0 Å². The highest BCUT2D eigenvalue weighted by Gasteiger charge is 2.17. The maximum Gasteiger partial charge on any atom is 0.229 e. The Morgan fingerprint density at radius 1 is 1.15 bits per heavy atom. The average Bonchev–Trinajstić information content (AvgIpc) is 2.94. The van der Waals surface area contributed by atoms with Gasteiger partial charge in [0.25, 0.3) is 0 Å². The first kappa shape index (κ1) is 12.5. The highest BCUT2D eigenvalue weighted by Crippen LogP contribution is 2.19. The Balaban J connectivity index is 2.11. The molecule has 1 aromatic carbocycles. The van der Waals surface area contributed by atoms with Crippen molar-refractivity contribution < 1.29 is 4.79 Å². The van der Waals surface area contributed by atoms with Crippen molar-refractivity contribution in [3.8, 4) is 0 Å². The number of nitrogens with zero attached hydrogens (tertiary/aromatic N) is 3. The molecule has 0 saturated carbocycles. The Morgan fingerprint density at radius 3 is 2.85 bits per heavy atom. The molecule has 0 aliphatic rings. The van der Waals surface area contributed by atoms with Crippen molar-refractivity contribution in [2.45, 2.75) is 19.9 Å². The summed E-state index contributed by atoms with van der Waals surface area (Å²) in [4.78, 5) is 21.2. The van der Waals surface area contributed by atoms with Crippen LogP contribution in [0.5, 0.6) is 0 Å². The summed E-state index contributed by atoms with van der Waals surface area (Å²) >= 11 is 0. The minimum atomic E-state index is -0.0537. The van der Waals surface area contributed by atoms with Gasteiger partial charge in [-0.15, -0.1) is 0 Å². The van der Waals surface area contributed by atoms with Crippen molar-refractivity contribution >= 4 is 16.7 Å². The number of fused-ring (bicyclic) bond motifs is 1. The number of carbonyl (C=O) groups is 1. The number of para-hydroxylation sites is 1. The Hall–Kier alpha value is -2.49. The summed E-state index contributed by atoms with van der Waals surface area (Å²) in [5.74, 6) is 0.435. The Morgan fingerprint density at radius 2 is 2.00 bits per heavy atom. The number of pyridine rings is 1. The topological polar surface area (TPSA) is 47.8 Å². The van der Waals surface area contributed by atoms with Gasteiger partial charge in [-0.3, -0.25) is 9.78 Å². The fourth-order valence-corrected chi connectivity index (χ4v) is 2.35. The van der Waals surface area contributed by atoms with E-state index in [1.54, 1.807) is 18.5 Å². The maximum absolute atomic E-state index is 12.7. The van der Waals surface area contributed by atoms with Crippen LogP contribution in [0, 0.1) is 0 Å². The van der Waals surface area contributed by atoms with Crippen LogP contribution in [0.3, 0.4) is 0 Å². The molecule has 0 saturated heterocycles. The van der Waals surface area contributed by atoms with E-state index in [4.69, 9.17) is 0 Å². The third kappa shape index (κ3) is 2.09. The normalized spacial score (nSPS) is 10.8. The quantitative estimate of drug-likeness (QED) is 0.681. The van der Waals surface area contributed by atoms with Crippen molar-refractivity contribution in [1.82, 2.24) is 14.5 Å². The minimum absolute atomic E-state index is 0.0537. The summed E-state index contributed by atoms with van der Waals surface area (Å²) in [5, 5.41) is 0.867. The van der Waals surface area contributed by atoms with Gasteiger partial charge >= 0.3 is 0 Å². The van der Waals surface area contributed by atoms with E-state index in [0.29, 0.717) is 11.4 Å². The Labute approximate surface area is 117 Å². The van der Waals surface area contributed by atoms with Gasteiger partial charge in [0.2, 0.25) is 5.78 Å². The van der Waals surface area contributed by atoms with Crippen LogP contribution in [0.2, 0.25) is 0 Å². The molecule has 0 aliphatic carbocycles. The smallest absolute Gasteiger partial charge is 0.229 e. The van der Waals surface area contributed by atoms with Crippen LogP contribution in [0.1, 0.15) is 29.5 Å². The molecule has 2 aromatic heterocycles. The predicted octanol–water partition coefficient (Wildman–Crippen LogP) is 3.07. The zero-order chi connectivity index (χ0) is 13.9. The van der Waals surface area contributed by atoms with Crippen LogP contribution < -0.4 is 0 Å². The molecule has 0 unspecified atom stereocenters. The molecule has 4 nitrogen and oxygen atoms in total. The standard InChI is InChI=1S/C16H15N3O/c1-2-10-19-11-9-18-16(19)15(20)13-7-8-17-14-6-4-3-5-12(13)14/h3-9,11H,2,10H2,1H3. The van der Waals surface area contributed by atoms with Crippen molar-refractivity contribution in [3.05, 3.63) is 60.3 Å². The SMILES string of the molecule is CCCn1ccnc1C(=O)c1ccnc2ccccc12. The lowest BCUT2D eigenvalue weighted by molar-refractivity contribution is 0.102. The number of imidazole rings is 1. The number of hydrogen-bond donors (Lipinski definition) is 0. The van der Waals surface area contributed by atoms with Crippen LogP contribution in [-0.4, -0.2) is 20.3 Å². The highest BCUT2D eigenvalue weighted by atomic mass is 16.1. The van der Waals surface area contributed by atoms with Gasteiger partial charge in [0.15, 0.2) is 5.82 Å². The number of benzene rings is 1. The van der Waals surface area contributed by atoms with Gasteiger partial charge in [-0.1, -0.05) is 25.1 Å². The molecule has 100 valence electrons. The van der Waals surface area contributed by atoms with Gasteiger partial charge in [0.1, 0.15) is 0 Å². The summed E-state index contributed by atoms with van der Waals surface area (Å²) in [6.07, 6.45) is 6.16. The molecule has 3 rings (SSSR count). The highest BCUT2D eigenvalue weighted by molar-refractivity contribution is 6.14. The molecule has 0 bridgehead atoms. The molecule has 2 heterocycles. The average molecular weight is 265 g/mol. The fourth-order valence-electron chi connectivity index (χ4n) is 2.35. The van der Waals surface area contributed by atoms with Gasteiger partial charge in [0, 0.05) is 36.1 Å². The first-order valence-electron chi connectivity index (χ1n) is 6.71. The molecular formula is C16H15N3O. The first-order chi connectivity index (χ1) is 9.81. The van der Waals surface area contributed by atoms with Gasteiger partial charge in [-0.2, -0.15) is 0 Å². The summed E-state index contributed by atoms with van der Waals surface area (Å²) in [6, 6.07) is 9.42. The van der Waals surface area contributed by atoms with Crippen LogP contribution in [-0.2, 0) is 6.54 Å². The molecule has 0 spiro atoms. The number of aromatic nitrogens is 3. The van der Waals surface area contributed by atoms with Gasteiger partial charge in [0.05, 0.1) is 5.52 Å². The molecule has 20 heavy (non-hydrogen) atoms. The number of ketones is 1. The molecule has 0 N–H and O–H groups in total. The molecule has 0 amide bonds. The third-order valence-electron chi connectivity index (χ3n) is 3.28. The molecule has 0 radical (unpaired) electrons. The molecule has 0 atom stereocenters. The predicted molar refractivity (Wildman–Crippen MR) is 77.7 cm³/mol. The van der Waals surface area contributed by atoms with E-state index >= 15 is 0 Å². The van der Waals surface area contributed by atoms with E-state index in [1.165, 1.54) is 0 Å². The summed E-state index contributed by atoms with van der Waals surface area (Å²) in [6.45, 7) is 2.88. The first-order valence-corrected chi connectivity index (χ1v) is 6.71. The van der Waals surface area contributed by atoms with Gasteiger partial charge in [-0.05, 0) is 18.6 Å². The van der Waals surface area contributed by atoms with E-state index in [9.17, 15) is 4.79 Å². The summed E-state index contributed by atoms with van der Waals surface area (Å²) in [5.41, 5.74) is 1.48. The number of rotatable bonds is 4. The van der Waals surface area contributed by atoms with Crippen LogP contribution in [0.15, 0.2) is 48.9 Å². The molecule has 0 aliphatic heterocycles. The van der Waals surface area contributed by atoms with Crippen LogP contribution in [0.4, 0.5) is 0 Å². The Bertz CT molecular complexity index is 756. The fraction of sp³-hybridized carbons (Fsp3) is 0.188. The van der Waals surface area contributed by atoms with Crippen LogP contribution in [0.25, 0.3) is 10.9 Å². The molecule has 3 aromatic rings.